The highest BCUT2D eigenvalue weighted by atomic mass is 16.7. The first-order valence-electron chi connectivity index (χ1n) is 18.0. The number of aliphatic imine (C=N–C) groups is 2. The van der Waals surface area contributed by atoms with E-state index in [1.807, 2.05) is 0 Å². The molecule has 14 atom stereocenters. The Morgan fingerprint density at radius 3 is 1.44 bits per heavy atom. The van der Waals surface area contributed by atoms with Crippen molar-refractivity contribution in [3.05, 3.63) is 0 Å². The minimum Gasteiger partial charge on any atom is -0.449 e. The number of nitrogens with two attached hydrogens (primary N) is 2. The van der Waals surface area contributed by atoms with E-state index in [1.54, 1.807) is 13.8 Å². The topological polar surface area (TPSA) is 424 Å². The third kappa shape index (κ3) is 17.9. The average Bonchev–Trinajstić information content (AvgIpc) is 3.17. The first-order chi connectivity index (χ1) is 26.8. The molecule has 0 spiro atoms. The molecule has 0 saturated carbocycles. The van der Waals surface area contributed by atoms with Crippen molar-refractivity contribution in [2.75, 3.05) is 52.6 Å². The molecular formula is C32H62N6O19. The van der Waals surface area contributed by atoms with Crippen molar-refractivity contribution in [2.24, 2.45) is 21.5 Å². The van der Waals surface area contributed by atoms with Crippen LogP contribution in [0.4, 0.5) is 0 Å². The molecule has 18 N–H and O–H groups in total. The second-order valence-electron chi connectivity index (χ2n) is 13.5. The predicted molar refractivity (Wildman–Crippen MR) is 193 cm³/mol. The maximum Gasteiger partial charge on any atom is 0.294 e. The van der Waals surface area contributed by atoms with Gasteiger partial charge < -0.3 is 96.4 Å². The highest BCUT2D eigenvalue weighted by molar-refractivity contribution is 5.77. The molecule has 334 valence electrons. The quantitative estimate of drug-likeness (QED) is 0.0189. The number of hydrogen-bond donors (Lipinski definition) is 16. The number of aliphatic hydroxyl groups is 12. The zero-order valence-corrected chi connectivity index (χ0v) is 31.8. The van der Waals surface area contributed by atoms with Gasteiger partial charge in [0.05, 0.1) is 51.2 Å². The maximum atomic E-state index is 10.5. The van der Waals surface area contributed by atoms with Crippen LogP contribution in [0.3, 0.4) is 0 Å². The Hall–Kier alpha value is -2.80. The van der Waals surface area contributed by atoms with Crippen molar-refractivity contribution in [3.63, 3.8) is 0 Å². The molecule has 3 rings (SSSR count). The Morgan fingerprint density at radius 1 is 0.702 bits per heavy atom. The molecular weight excluding hydrogens is 772 g/mol. The Bertz CT molecular complexity index is 1130. The Morgan fingerprint density at radius 2 is 1.09 bits per heavy atom. The van der Waals surface area contributed by atoms with E-state index in [0.717, 1.165) is 0 Å². The number of rotatable bonds is 19. The van der Waals surface area contributed by atoms with Gasteiger partial charge >= 0.3 is 0 Å². The molecule has 0 amide bonds. The standard InChI is InChI=1S/2C13H25N3O7.C6H12O5/c2*1-8(14)15-4-2-3-10(22-7-17)16-6-13(21)12(20)11(19)9(18)5-23-13;7-1-4-6(10)5(9)3(8)2-11-4/h2*7,9-12,16,18-21H,2-6H2,1H3,(H2,14,15);3-10H,1-2H2/t2*9-,10?,11+,12?,13-;3-,4?,5?,6-/m111/s1. The van der Waals surface area contributed by atoms with Crippen molar-refractivity contribution in [1.82, 2.24) is 10.6 Å². The van der Waals surface area contributed by atoms with Crippen LogP contribution in [-0.4, -0.2) is 224 Å². The van der Waals surface area contributed by atoms with E-state index in [9.17, 15) is 50.4 Å². The summed E-state index contributed by atoms with van der Waals surface area (Å²) in [4.78, 5) is 29.0. The summed E-state index contributed by atoms with van der Waals surface area (Å²) >= 11 is 0. The lowest BCUT2D eigenvalue weighted by Gasteiger charge is -2.42. The van der Waals surface area contributed by atoms with Crippen LogP contribution < -0.4 is 22.1 Å². The van der Waals surface area contributed by atoms with E-state index in [2.05, 4.69) is 20.6 Å². The van der Waals surface area contributed by atoms with Gasteiger partial charge in [0.15, 0.2) is 12.5 Å². The van der Waals surface area contributed by atoms with E-state index in [0.29, 0.717) is 50.4 Å². The number of nitrogens with zero attached hydrogens (tertiary/aromatic N) is 2. The summed E-state index contributed by atoms with van der Waals surface area (Å²) in [5.41, 5.74) is 10.8. The van der Waals surface area contributed by atoms with Crippen LogP contribution in [0.2, 0.25) is 0 Å². The van der Waals surface area contributed by atoms with Gasteiger partial charge in [-0.05, 0) is 39.5 Å². The highest BCUT2D eigenvalue weighted by Crippen LogP contribution is 2.25. The molecule has 0 aromatic rings. The summed E-state index contributed by atoms with van der Waals surface area (Å²) < 4.78 is 24.5. The number of carbonyl (C=O) groups excluding carboxylic acids is 2. The fraction of sp³-hybridized carbons (Fsp3) is 0.875. The van der Waals surface area contributed by atoms with Crippen molar-refractivity contribution in [1.29, 1.82) is 0 Å². The van der Waals surface area contributed by atoms with Crippen molar-refractivity contribution >= 4 is 24.6 Å². The van der Waals surface area contributed by atoms with Crippen molar-refractivity contribution in [3.8, 4) is 0 Å². The molecule has 3 aliphatic rings. The van der Waals surface area contributed by atoms with Gasteiger partial charge in [-0.15, -0.1) is 0 Å². The highest BCUT2D eigenvalue weighted by Gasteiger charge is 2.49. The number of carbonyl (C=O) groups is 2. The molecule has 0 bridgehead atoms. The number of nitrogens with one attached hydrogen (secondary N) is 2. The first-order valence-corrected chi connectivity index (χ1v) is 18.0. The van der Waals surface area contributed by atoms with Gasteiger partial charge in [-0.2, -0.15) is 0 Å². The lowest BCUT2D eigenvalue weighted by Crippen LogP contribution is -2.65. The zero-order chi connectivity index (χ0) is 43.3. The van der Waals surface area contributed by atoms with E-state index >= 15 is 0 Å². The smallest absolute Gasteiger partial charge is 0.294 e. The number of ether oxygens (including phenoxy) is 5. The SMILES string of the molecule is CC(N)=NCCCC(NC[C@@]1(O)OC[C@@H](O)[C@H](O)C1O)OC=O.CC(N)=NCCCC(NC[C@@]1(O)OC[C@@H](O)[C@H](O)C1O)OC=O.OCC1OC[C@@H](O)C(O)[C@@H]1O. The normalized spacial score (nSPS) is 35.7. The van der Waals surface area contributed by atoms with Crippen LogP contribution in [0.5, 0.6) is 0 Å². The van der Waals surface area contributed by atoms with Gasteiger partial charge in [-0.25, -0.2) is 0 Å². The summed E-state index contributed by atoms with van der Waals surface area (Å²) in [7, 11) is 0. The monoisotopic (exact) mass is 834 g/mol. The van der Waals surface area contributed by atoms with Crippen molar-refractivity contribution in [2.45, 2.75) is 125 Å². The Kier molecular flexibility index (Phi) is 24.1. The lowest BCUT2D eigenvalue weighted by molar-refractivity contribution is -0.319. The van der Waals surface area contributed by atoms with Crippen LogP contribution >= 0.6 is 0 Å². The van der Waals surface area contributed by atoms with Gasteiger partial charge in [0.2, 0.25) is 11.6 Å². The van der Waals surface area contributed by atoms with Gasteiger partial charge in [-0.1, -0.05) is 0 Å². The summed E-state index contributed by atoms with van der Waals surface area (Å²) in [5.74, 6) is -3.30. The third-order valence-corrected chi connectivity index (χ3v) is 8.73. The molecule has 25 heteroatoms. The van der Waals surface area contributed by atoms with Gasteiger partial charge in [0.25, 0.3) is 12.9 Å². The number of aliphatic hydroxyl groups excluding tert-OH is 10. The molecule has 0 aromatic heterocycles. The maximum absolute atomic E-state index is 10.5. The predicted octanol–water partition coefficient (Wildman–Crippen LogP) is -8.47. The fourth-order valence-corrected chi connectivity index (χ4v) is 5.28. The molecule has 0 aromatic carbocycles. The molecule has 0 radical (unpaired) electrons. The van der Waals surface area contributed by atoms with Crippen LogP contribution in [0.25, 0.3) is 0 Å². The van der Waals surface area contributed by atoms with Crippen LogP contribution in [0.1, 0.15) is 39.5 Å². The third-order valence-electron chi connectivity index (χ3n) is 8.73. The molecule has 3 saturated heterocycles. The number of amidine groups is 2. The first kappa shape index (κ1) is 52.2. The summed E-state index contributed by atoms with van der Waals surface area (Å²) in [5, 5.41) is 119. The van der Waals surface area contributed by atoms with Gasteiger partial charge in [-0.3, -0.25) is 30.2 Å². The molecule has 3 heterocycles. The van der Waals surface area contributed by atoms with E-state index in [4.69, 9.17) is 55.6 Å². The molecule has 0 aliphatic carbocycles. The zero-order valence-electron chi connectivity index (χ0n) is 31.8. The van der Waals surface area contributed by atoms with E-state index in [1.165, 1.54) is 0 Å². The summed E-state index contributed by atoms with van der Waals surface area (Å²) in [6, 6.07) is 0. The molecule has 57 heavy (non-hydrogen) atoms. The van der Waals surface area contributed by atoms with Crippen LogP contribution in [-0.2, 0) is 33.3 Å². The molecule has 6 unspecified atom stereocenters. The van der Waals surface area contributed by atoms with Crippen molar-refractivity contribution < 1.29 is 94.6 Å². The summed E-state index contributed by atoms with van der Waals surface area (Å²) in [6.45, 7) is 3.06. The van der Waals surface area contributed by atoms with Gasteiger partial charge in [0, 0.05) is 13.1 Å². The molecule has 3 aliphatic heterocycles. The number of hydrogen-bond acceptors (Lipinski definition) is 23. The van der Waals surface area contributed by atoms with E-state index in [-0.39, 0.29) is 52.5 Å². The summed E-state index contributed by atoms with van der Waals surface area (Å²) in [6.07, 6.45) is -12.9. The fourth-order valence-electron chi connectivity index (χ4n) is 5.28. The van der Waals surface area contributed by atoms with Gasteiger partial charge in [0.1, 0.15) is 61.0 Å². The van der Waals surface area contributed by atoms with Crippen LogP contribution in [0.15, 0.2) is 9.98 Å². The Labute approximate surface area is 328 Å². The van der Waals surface area contributed by atoms with Crippen LogP contribution in [0, 0.1) is 0 Å². The largest absolute Gasteiger partial charge is 0.449 e. The molecule has 3 fully saturated rings. The lowest BCUT2D eigenvalue weighted by atomic mass is 9.97. The molecule has 25 nitrogen and oxygen atoms in total. The van der Waals surface area contributed by atoms with E-state index < -0.39 is 85.1 Å². The second-order valence-corrected chi connectivity index (χ2v) is 13.5. The second kappa shape index (κ2) is 26.3. The average molecular weight is 835 g/mol. The Balaban J connectivity index is 0.000000454. The minimum absolute atomic E-state index is 0.0521. The minimum atomic E-state index is -2.10.